The van der Waals surface area contributed by atoms with Crippen LogP contribution in [0.1, 0.15) is 46.3 Å². The monoisotopic (exact) mass is 556 g/mol. The molecule has 212 valence electrons. The standard InChI is InChI=1S/C32H33FN4O4/c33-24-8-4-7-22(15-24)18-36-14-13-27(34-17-21-5-2-1-3-6-21)29(20-36)41-25-9-10-26-23(16-25)19-37(32(26)40)28-11-12-30(38)35-31(28)39/h1-10,15-16,27-29,34H,11-14,17-20H2,(H,35,38,39). The maximum absolute atomic E-state index is 13.8. The molecule has 3 aliphatic rings. The molecule has 2 fully saturated rings. The highest BCUT2D eigenvalue weighted by molar-refractivity contribution is 6.05. The Hall–Kier alpha value is -4.08. The van der Waals surface area contributed by atoms with E-state index in [1.165, 1.54) is 11.6 Å². The smallest absolute Gasteiger partial charge is 0.255 e. The highest BCUT2D eigenvalue weighted by atomic mass is 19.1. The van der Waals surface area contributed by atoms with Gasteiger partial charge in [-0.2, -0.15) is 0 Å². The van der Waals surface area contributed by atoms with Gasteiger partial charge < -0.3 is 15.0 Å². The molecule has 3 aromatic carbocycles. The second-order valence-corrected chi connectivity index (χ2v) is 11.0. The largest absolute Gasteiger partial charge is 0.487 e. The summed E-state index contributed by atoms with van der Waals surface area (Å²) in [7, 11) is 0. The number of amides is 3. The molecule has 0 aliphatic carbocycles. The fourth-order valence-electron chi connectivity index (χ4n) is 6.01. The predicted molar refractivity (Wildman–Crippen MR) is 150 cm³/mol. The van der Waals surface area contributed by atoms with E-state index in [2.05, 4.69) is 27.7 Å². The minimum atomic E-state index is -0.654. The first-order chi connectivity index (χ1) is 19.9. The van der Waals surface area contributed by atoms with E-state index in [0.29, 0.717) is 37.4 Å². The predicted octanol–water partition coefficient (Wildman–Crippen LogP) is 3.40. The molecule has 3 heterocycles. The molecule has 0 spiro atoms. The van der Waals surface area contributed by atoms with E-state index in [0.717, 1.165) is 30.6 Å². The number of imide groups is 1. The molecule has 9 heteroatoms. The summed E-state index contributed by atoms with van der Waals surface area (Å²) in [4.78, 5) is 40.9. The summed E-state index contributed by atoms with van der Waals surface area (Å²) in [5, 5.41) is 6.02. The molecule has 41 heavy (non-hydrogen) atoms. The van der Waals surface area contributed by atoms with Gasteiger partial charge in [0.2, 0.25) is 11.8 Å². The molecule has 0 saturated carbocycles. The second kappa shape index (κ2) is 11.8. The van der Waals surface area contributed by atoms with Gasteiger partial charge in [-0.3, -0.25) is 24.6 Å². The van der Waals surface area contributed by atoms with E-state index < -0.39 is 11.9 Å². The molecule has 3 amide bonds. The highest BCUT2D eigenvalue weighted by Crippen LogP contribution is 2.31. The summed E-state index contributed by atoms with van der Waals surface area (Å²) in [6, 6.07) is 21.8. The molecule has 2 N–H and O–H groups in total. The van der Waals surface area contributed by atoms with Gasteiger partial charge in [-0.15, -0.1) is 0 Å². The number of halogens is 1. The van der Waals surface area contributed by atoms with Crippen LogP contribution in [0, 0.1) is 5.82 Å². The van der Waals surface area contributed by atoms with E-state index >= 15 is 0 Å². The molecular weight excluding hydrogens is 523 g/mol. The van der Waals surface area contributed by atoms with E-state index in [1.54, 1.807) is 23.1 Å². The average molecular weight is 557 g/mol. The molecule has 8 nitrogen and oxygen atoms in total. The van der Waals surface area contributed by atoms with E-state index in [4.69, 9.17) is 4.74 Å². The summed E-state index contributed by atoms with van der Waals surface area (Å²) >= 11 is 0. The Morgan fingerprint density at radius 2 is 1.78 bits per heavy atom. The van der Waals surface area contributed by atoms with Crippen molar-refractivity contribution in [3.05, 3.63) is 101 Å². The van der Waals surface area contributed by atoms with Gasteiger partial charge in [-0.1, -0.05) is 42.5 Å². The van der Waals surface area contributed by atoms with Gasteiger partial charge >= 0.3 is 0 Å². The normalized spacial score (nSPS) is 22.9. The first-order valence-corrected chi connectivity index (χ1v) is 14.1. The first kappa shape index (κ1) is 27.1. The number of hydrogen-bond acceptors (Lipinski definition) is 6. The topological polar surface area (TPSA) is 91.0 Å². The summed E-state index contributed by atoms with van der Waals surface area (Å²) in [5.41, 5.74) is 3.47. The number of likely N-dealkylation sites (tertiary alicyclic amines) is 1. The van der Waals surface area contributed by atoms with Gasteiger partial charge in [0.1, 0.15) is 23.7 Å². The Labute approximate surface area is 238 Å². The second-order valence-electron chi connectivity index (χ2n) is 11.0. The van der Waals surface area contributed by atoms with E-state index in [-0.39, 0.29) is 36.2 Å². The summed E-state index contributed by atoms with van der Waals surface area (Å²) < 4.78 is 20.4. The Bertz CT molecular complexity index is 1450. The van der Waals surface area contributed by atoms with Crippen molar-refractivity contribution >= 4 is 17.7 Å². The number of nitrogens with one attached hydrogen (secondary N) is 2. The fourth-order valence-corrected chi connectivity index (χ4v) is 6.01. The molecule has 3 aromatic rings. The highest BCUT2D eigenvalue weighted by Gasteiger charge is 2.39. The van der Waals surface area contributed by atoms with Gasteiger partial charge in [0, 0.05) is 50.7 Å². The summed E-state index contributed by atoms with van der Waals surface area (Å²) in [6.45, 7) is 3.14. The van der Waals surface area contributed by atoms with Gasteiger partial charge in [0.25, 0.3) is 5.91 Å². The summed E-state index contributed by atoms with van der Waals surface area (Å²) in [5.74, 6) is -0.519. The number of ether oxygens (including phenoxy) is 1. The van der Waals surface area contributed by atoms with E-state index in [1.807, 2.05) is 36.4 Å². The lowest BCUT2D eigenvalue weighted by molar-refractivity contribution is -0.136. The zero-order valence-electron chi connectivity index (χ0n) is 22.7. The molecule has 3 unspecified atom stereocenters. The summed E-state index contributed by atoms with van der Waals surface area (Å²) in [6.07, 6.45) is 1.23. The number of carbonyl (C=O) groups is 3. The number of hydrogen-bond donors (Lipinski definition) is 2. The van der Waals surface area contributed by atoms with Crippen molar-refractivity contribution in [1.82, 2.24) is 20.4 Å². The van der Waals surface area contributed by atoms with Crippen molar-refractivity contribution in [2.45, 2.75) is 57.1 Å². The number of benzene rings is 3. The van der Waals surface area contributed by atoms with Crippen molar-refractivity contribution in [2.75, 3.05) is 13.1 Å². The molecule has 0 bridgehead atoms. The van der Waals surface area contributed by atoms with Crippen LogP contribution < -0.4 is 15.4 Å². The van der Waals surface area contributed by atoms with Crippen LogP contribution in [0.15, 0.2) is 72.8 Å². The molecule has 2 saturated heterocycles. The third-order valence-corrected chi connectivity index (χ3v) is 8.13. The number of fused-ring (bicyclic) bond motifs is 1. The molecular formula is C32H33FN4O4. The third kappa shape index (κ3) is 6.16. The Balaban J connectivity index is 1.17. The average Bonchev–Trinajstić information content (AvgIpc) is 3.28. The quantitative estimate of drug-likeness (QED) is 0.414. The lowest BCUT2D eigenvalue weighted by Gasteiger charge is -2.39. The Kier molecular flexibility index (Phi) is 7.80. The number of nitrogens with zero attached hydrogens (tertiary/aromatic N) is 2. The van der Waals surface area contributed by atoms with Crippen LogP contribution >= 0.6 is 0 Å². The molecule has 3 atom stereocenters. The van der Waals surface area contributed by atoms with Crippen LogP contribution in [0.2, 0.25) is 0 Å². The zero-order chi connectivity index (χ0) is 28.3. The van der Waals surface area contributed by atoms with E-state index in [9.17, 15) is 18.8 Å². The van der Waals surface area contributed by atoms with Crippen LogP contribution in [0.4, 0.5) is 4.39 Å². The number of rotatable bonds is 8. The van der Waals surface area contributed by atoms with Gasteiger partial charge in [-0.25, -0.2) is 4.39 Å². The Morgan fingerprint density at radius 3 is 2.59 bits per heavy atom. The van der Waals surface area contributed by atoms with Gasteiger partial charge in [0.15, 0.2) is 0 Å². The molecule has 3 aliphatic heterocycles. The van der Waals surface area contributed by atoms with Gasteiger partial charge in [-0.05, 0) is 59.9 Å². The van der Waals surface area contributed by atoms with Crippen molar-refractivity contribution in [3.8, 4) is 5.75 Å². The van der Waals surface area contributed by atoms with Crippen molar-refractivity contribution in [1.29, 1.82) is 0 Å². The van der Waals surface area contributed by atoms with Crippen molar-refractivity contribution in [2.24, 2.45) is 0 Å². The minimum Gasteiger partial charge on any atom is -0.487 e. The maximum Gasteiger partial charge on any atom is 0.255 e. The SMILES string of the molecule is O=C1CCC(N2Cc3cc(OC4CN(Cc5cccc(F)c5)CCC4NCc4ccccc4)ccc3C2=O)C(=O)N1. The lowest BCUT2D eigenvalue weighted by atomic mass is 10.00. The van der Waals surface area contributed by atoms with Crippen LogP contribution in [0.3, 0.4) is 0 Å². The molecule has 6 rings (SSSR count). The first-order valence-electron chi connectivity index (χ1n) is 14.1. The van der Waals surface area contributed by atoms with Crippen molar-refractivity contribution < 1.29 is 23.5 Å². The van der Waals surface area contributed by atoms with Crippen LogP contribution in [0.25, 0.3) is 0 Å². The number of piperidine rings is 2. The zero-order valence-corrected chi connectivity index (χ0v) is 22.7. The molecule has 0 radical (unpaired) electrons. The van der Waals surface area contributed by atoms with Crippen molar-refractivity contribution in [3.63, 3.8) is 0 Å². The van der Waals surface area contributed by atoms with Crippen LogP contribution in [-0.2, 0) is 29.2 Å². The Morgan fingerprint density at radius 1 is 0.951 bits per heavy atom. The minimum absolute atomic E-state index is 0.0915. The third-order valence-electron chi connectivity index (χ3n) is 8.13. The van der Waals surface area contributed by atoms with Crippen LogP contribution in [-0.4, -0.2) is 58.8 Å². The lowest BCUT2D eigenvalue weighted by Crippen LogP contribution is -2.54. The maximum atomic E-state index is 13.8. The molecule has 0 aromatic heterocycles. The van der Waals surface area contributed by atoms with Gasteiger partial charge in [0.05, 0.1) is 0 Å². The van der Waals surface area contributed by atoms with Crippen LogP contribution in [0.5, 0.6) is 5.75 Å². The fraction of sp³-hybridized carbons (Fsp3) is 0.344. The number of carbonyl (C=O) groups excluding carboxylic acids is 3.